The van der Waals surface area contributed by atoms with E-state index in [4.69, 9.17) is 17.0 Å². The van der Waals surface area contributed by atoms with E-state index in [1.165, 1.54) is 17.4 Å². The van der Waals surface area contributed by atoms with Crippen molar-refractivity contribution >= 4 is 29.3 Å². The Balaban J connectivity index is 1.57. The third-order valence-corrected chi connectivity index (χ3v) is 6.61. The molecule has 10 heteroatoms. The van der Waals surface area contributed by atoms with E-state index in [-0.39, 0.29) is 23.4 Å². The van der Waals surface area contributed by atoms with Crippen LogP contribution in [-0.4, -0.2) is 47.9 Å². The fraction of sp³-hybridized carbons (Fsp3) is 0.348. The zero-order chi connectivity index (χ0) is 23.9. The van der Waals surface area contributed by atoms with E-state index in [9.17, 15) is 22.8 Å². The number of benzene rings is 2. The zero-order valence-electron chi connectivity index (χ0n) is 17.7. The Kier molecular flexibility index (Phi) is 6.20. The number of piperidine rings is 1. The second kappa shape index (κ2) is 8.79. The maximum absolute atomic E-state index is 13.3. The molecule has 2 unspecified atom stereocenters. The van der Waals surface area contributed by atoms with Gasteiger partial charge in [-0.1, -0.05) is 35.9 Å². The normalized spacial score (nSPS) is 20.5. The average Bonchev–Trinajstić information content (AvgIpc) is 3.10. The van der Waals surface area contributed by atoms with Gasteiger partial charge in [-0.15, -0.1) is 0 Å². The number of alkyl halides is 3. The standard InChI is InChI=1S/C23H22ClF3N4O2/c1-12-8-13(4-5-18(12)24)17-10-29-7-6-19(17)31-11-15-3-2-14(9-16(15)21(31)32)20(28)30-22(33)23(25,26)27/h2-5,8-9,17,19,29H,6-7,10-11H2,1H3,(H2,28,30,33). The Labute approximate surface area is 193 Å². The fourth-order valence-corrected chi connectivity index (χ4v) is 4.58. The number of rotatable bonds is 3. The van der Waals surface area contributed by atoms with Crippen LogP contribution in [0.15, 0.2) is 36.4 Å². The second-order valence-electron chi connectivity index (χ2n) is 8.31. The number of carbonyl (C=O) groups excluding carboxylic acids is 2. The summed E-state index contributed by atoms with van der Waals surface area (Å²) in [6.07, 6.45) is -4.35. The molecule has 2 atom stereocenters. The molecule has 2 aliphatic heterocycles. The molecule has 2 aromatic carbocycles. The monoisotopic (exact) mass is 478 g/mol. The highest BCUT2D eigenvalue weighted by Crippen LogP contribution is 2.35. The summed E-state index contributed by atoms with van der Waals surface area (Å²) in [6, 6.07) is 10.2. The van der Waals surface area contributed by atoms with Gasteiger partial charge in [0, 0.05) is 41.2 Å². The first-order valence-electron chi connectivity index (χ1n) is 10.4. The number of halogens is 4. The molecule has 0 aliphatic carbocycles. The first-order valence-corrected chi connectivity index (χ1v) is 10.8. The molecule has 2 aliphatic rings. The number of amides is 2. The van der Waals surface area contributed by atoms with Crippen molar-refractivity contribution in [3.63, 3.8) is 0 Å². The minimum absolute atomic E-state index is 0.0386. The fourth-order valence-electron chi connectivity index (χ4n) is 4.46. The molecule has 2 aromatic rings. The van der Waals surface area contributed by atoms with Crippen LogP contribution in [0.4, 0.5) is 13.2 Å². The van der Waals surface area contributed by atoms with Crippen LogP contribution in [0, 0.1) is 12.3 Å². The van der Waals surface area contributed by atoms with E-state index in [1.807, 2.05) is 25.1 Å². The predicted octanol–water partition coefficient (Wildman–Crippen LogP) is 3.75. The van der Waals surface area contributed by atoms with E-state index in [1.54, 1.807) is 11.0 Å². The molecule has 0 bridgehead atoms. The lowest BCUT2D eigenvalue weighted by Crippen LogP contribution is -2.48. The summed E-state index contributed by atoms with van der Waals surface area (Å²) in [5.74, 6) is -3.11. The molecule has 0 saturated carbocycles. The van der Waals surface area contributed by atoms with Gasteiger partial charge >= 0.3 is 12.1 Å². The zero-order valence-corrected chi connectivity index (χ0v) is 18.5. The predicted molar refractivity (Wildman–Crippen MR) is 118 cm³/mol. The third-order valence-electron chi connectivity index (χ3n) is 6.18. The lowest BCUT2D eigenvalue weighted by Gasteiger charge is -2.38. The van der Waals surface area contributed by atoms with Crippen molar-refractivity contribution in [2.75, 3.05) is 13.1 Å². The first-order chi connectivity index (χ1) is 15.6. The molecule has 0 spiro atoms. The molecule has 4 rings (SSSR count). The number of amidine groups is 1. The van der Waals surface area contributed by atoms with Crippen LogP contribution >= 0.6 is 11.6 Å². The van der Waals surface area contributed by atoms with E-state index in [0.717, 1.165) is 29.7 Å². The lowest BCUT2D eigenvalue weighted by molar-refractivity contribution is -0.171. The van der Waals surface area contributed by atoms with Crippen molar-refractivity contribution in [3.8, 4) is 0 Å². The first kappa shape index (κ1) is 23.3. The molecular formula is C23H22ClF3N4O2. The van der Waals surface area contributed by atoms with Gasteiger partial charge in [0.25, 0.3) is 5.91 Å². The van der Waals surface area contributed by atoms with Gasteiger partial charge in [-0.3, -0.25) is 15.0 Å². The molecule has 0 aromatic heterocycles. The number of nitrogens with one attached hydrogen (secondary N) is 3. The smallest absolute Gasteiger partial charge is 0.331 e. The summed E-state index contributed by atoms with van der Waals surface area (Å²) >= 11 is 6.18. The Morgan fingerprint density at radius 1 is 1.24 bits per heavy atom. The van der Waals surface area contributed by atoms with Crippen LogP contribution in [-0.2, 0) is 11.3 Å². The minimum atomic E-state index is -5.10. The lowest BCUT2D eigenvalue weighted by atomic mass is 9.85. The molecular weight excluding hydrogens is 457 g/mol. The molecule has 2 heterocycles. The van der Waals surface area contributed by atoms with Gasteiger partial charge in [0.15, 0.2) is 0 Å². The number of hydrogen-bond acceptors (Lipinski definition) is 4. The van der Waals surface area contributed by atoms with Crippen molar-refractivity contribution in [1.29, 1.82) is 5.41 Å². The van der Waals surface area contributed by atoms with Crippen molar-refractivity contribution in [1.82, 2.24) is 15.5 Å². The molecule has 33 heavy (non-hydrogen) atoms. The third kappa shape index (κ3) is 4.60. The summed E-state index contributed by atoms with van der Waals surface area (Å²) < 4.78 is 37.5. The van der Waals surface area contributed by atoms with Crippen LogP contribution < -0.4 is 10.6 Å². The summed E-state index contributed by atoms with van der Waals surface area (Å²) in [5.41, 5.74) is 3.15. The van der Waals surface area contributed by atoms with Crippen LogP contribution in [0.3, 0.4) is 0 Å². The number of aryl methyl sites for hydroxylation is 1. The topological polar surface area (TPSA) is 85.3 Å². The Morgan fingerprint density at radius 3 is 2.70 bits per heavy atom. The highest BCUT2D eigenvalue weighted by Gasteiger charge is 2.40. The molecule has 6 nitrogen and oxygen atoms in total. The van der Waals surface area contributed by atoms with Gasteiger partial charge < -0.3 is 15.5 Å². The molecule has 1 saturated heterocycles. The van der Waals surface area contributed by atoms with E-state index in [0.29, 0.717) is 23.7 Å². The summed E-state index contributed by atoms with van der Waals surface area (Å²) in [5, 5.41) is 13.4. The average molecular weight is 479 g/mol. The van der Waals surface area contributed by atoms with E-state index >= 15 is 0 Å². The van der Waals surface area contributed by atoms with Crippen LogP contribution in [0.25, 0.3) is 0 Å². The number of nitrogens with zero attached hydrogens (tertiary/aromatic N) is 1. The largest absolute Gasteiger partial charge is 0.471 e. The highest BCUT2D eigenvalue weighted by molar-refractivity contribution is 6.31. The van der Waals surface area contributed by atoms with E-state index < -0.39 is 17.9 Å². The van der Waals surface area contributed by atoms with Gasteiger partial charge in [0.05, 0.1) is 0 Å². The second-order valence-corrected chi connectivity index (χ2v) is 8.71. The molecule has 3 N–H and O–H groups in total. The minimum Gasteiger partial charge on any atom is -0.331 e. The molecule has 0 radical (unpaired) electrons. The summed E-state index contributed by atoms with van der Waals surface area (Å²) in [4.78, 5) is 26.2. The quantitative estimate of drug-likeness (QED) is 0.464. The van der Waals surface area contributed by atoms with Crippen LogP contribution in [0.1, 0.15) is 45.0 Å². The summed E-state index contributed by atoms with van der Waals surface area (Å²) in [6.45, 7) is 3.77. The summed E-state index contributed by atoms with van der Waals surface area (Å²) in [7, 11) is 0. The molecule has 1 fully saturated rings. The van der Waals surface area contributed by atoms with Gasteiger partial charge in [-0.25, -0.2) is 0 Å². The van der Waals surface area contributed by atoms with Crippen LogP contribution in [0.2, 0.25) is 5.02 Å². The Morgan fingerprint density at radius 2 is 2.00 bits per heavy atom. The highest BCUT2D eigenvalue weighted by atomic mass is 35.5. The maximum atomic E-state index is 13.3. The van der Waals surface area contributed by atoms with Gasteiger partial charge in [0.1, 0.15) is 5.84 Å². The maximum Gasteiger partial charge on any atom is 0.471 e. The van der Waals surface area contributed by atoms with Crippen molar-refractivity contribution in [3.05, 3.63) is 69.2 Å². The van der Waals surface area contributed by atoms with Crippen molar-refractivity contribution in [2.24, 2.45) is 0 Å². The van der Waals surface area contributed by atoms with Crippen molar-refractivity contribution < 1.29 is 22.8 Å². The van der Waals surface area contributed by atoms with E-state index in [2.05, 4.69) is 5.32 Å². The number of hydrogen-bond donors (Lipinski definition) is 3. The number of carbonyl (C=O) groups is 2. The van der Waals surface area contributed by atoms with Gasteiger partial charge in [-0.2, -0.15) is 13.2 Å². The molecule has 2 amide bonds. The van der Waals surface area contributed by atoms with Crippen molar-refractivity contribution in [2.45, 2.75) is 38.0 Å². The molecule has 174 valence electrons. The number of fused-ring (bicyclic) bond motifs is 1. The van der Waals surface area contributed by atoms with Gasteiger partial charge in [0.2, 0.25) is 0 Å². The Hall–Kier alpha value is -2.91. The van der Waals surface area contributed by atoms with Crippen LogP contribution in [0.5, 0.6) is 0 Å². The Bertz CT molecular complexity index is 1140. The SMILES string of the molecule is Cc1cc(C2CNCCC2N2Cc3ccc(C(=N)NC(=O)C(F)(F)F)cc3C2=O)ccc1Cl. The van der Waals surface area contributed by atoms with Gasteiger partial charge in [-0.05, 0) is 48.7 Å².